The van der Waals surface area contributed by atoms with E-state index in [9.17, 15) is 12.8 Å². The van der Waals surface area contributed by atoms with Gasteiger partial charge >= 0.3 is 0 Å². The Morgan fingerprint density at radius 3 is 2.58 bits per heavy atom. The van der Waals surface area contributed by atoms with Crippen LogP contribution in [0.4, 0.5) is 10.2 Å². The Bertz CT molecular complexity index is 724. The molecule has 0 saturated heterocycles. The predicted molar refractivity (Wildman–Crippen MR) is 66.0 cm³/mol. The maximum Gasteiger partial charge on any atom is 0.184 e. The van der Waals surface area contributed by atoms with Crippen molar-refractivity contribution in [1.82, 2.24) is 5.16 Å². The van der Waals surface area contributed by atoms with E-state index in [1.54, 1.807) is 0 Å². The van der Waals surface area contributed by atoms with Crippen LogP contribution in [0.25, 0.3) is 11.3 Å². The van der Waals surface area contributed by atoms with Crippen molar-refractivity contribution in [2.24, 2.45) is 0 Å². The fourth-order valence-electron chi connectivity index (χ4n) is 1.63. The van der Waals surface area contributed by atoms with E-state index in [2.05, 4.69) is 5.16 Å². The minimum absolute atomic E-state index is 0.129. The summed E-state index contributed by atoms with van der Waals surface area (Å²) in [5, 5.41) is 3.48. The molecule has 0 aliphatic carbocycles. The van der Waals surface area contributed by atoms with Crippen LogP contribution in [0.5, 0.6) is 5.75 Å². The number of aromatic nitrogens is 1. The van der Waals surface area contributed by atoms with Crippen molar-refractivity contribution in [2.45, 2.75) is 4.90 Å². The molecule has 8 heteroatoms. The molecule has 2 rings (SSSR count). The largest absolute Gasteiger partial charge is 0.493 e. The Hall–Kier alpha value is -2.09. The first-order valence-corrected chi connectivity index (χ1v) is 7.03. The number of sulfone groups is 1. The van der Waals surface area contributed by atoms with Crippen LogP contribution in [0.2, 0.25) is 0 Å². The fourth-order valence-corrected chi connectivity index (χ4v) is 2.37. The van der Waals surface area contributed by atoms with E-state index in [0.717, 1.165) is 12.3 Å². The number of ether oxygens (including phenoxy) is 1. The molecule has 0 fully saturated rings. The van der Waals surface area contributed by atoms with Crippen molar-refractivity contribution in [3.05, 3.63) is 24.0 Å². The lowest BCUT2D eigenvalue weighted by Gasteiger charge is -2.09. The molecular formula is C11H11FN2O4S. The second-order valence-electron chi connectivity index (χ2n) is 3.85. The first-order valence-electron chi connectivity index (χ1n) is 5.13. The van der Waals surface area contributed by atoms with Gasteiger partial charge in [-0.1, -0.05) is 5.16 Å². The zero-order valence-corrected chi connectivity index (χ0v) is 11.0. The van der Waals surface area contributed by atoms with E-state index in [4.69, 9.17) is 15.0 Å². The van der Waals surface area contributed by atoms with E-state index in [-0.39, 0.29) is 22.9 Å². The van der Waals surface area contributed by atoms with Gasteiger partial charge in [-0.3, -0.25) is 0 Å². The lowest BCUT2D eigenvalue weighted by Crippen LogP contribution is -2.03. The first-order chi connectivity index (χ1) is 8.84. The van der Waals surface area contributed by atoms with Crippen LogP contribution < -0.4 is 10.5 Å². The maximum atomic E-state index is 14.1. The average molecular weight is 286 g/mol. The summed E-state index contributed by atoms with van der Waals surface area (Å²) in [6, 6.07) is 3.90. The molecule has 6 nitrogen and oxygen atoms in total. The van der Waals surface area contributed by atoms with Crippen LogP contribution in [-0.4, -0.2) is 26.9 Å². The van der Waals surface area contributed by atoms with Gasteiger partial charge in [-0.15, -0.1) is 0 Å². The van der Waals surface area contributed by atoms with Gasteiger partial charge in [0.05, 0.1) is 12.7 Å². The SMILES string of the molecule is COc1c(-c2cc(N)no2)ccc(S(C)(=O)=O)c1F. The summed E-state index contributed by atoms with van der Waals surface area (Å²) >= 11 is 0. The second kappa shape index (κ2) is 4.54. The third kappa shape index (κ3) is 2.39. The Kier molecular flexibility index (Phi) is 3.19. The smallest absolute Gasteiger partial charge is 0.184 e. The zero-order chi connectivity index (χ0) is 14.2. The van der Waals surface area contributed by atoms with Crippen molar-refractivity contribution in [1.29, 1.82) is 0 Å². The van der Waals surface area contributed by atoms with Crippen LogP contribution in [0, 0.1) is 5.82 Å². The van der Waals surface area contributed by atoms with Crippen LogP contribution in [0.3, 0.4) is 0 Å². The number of benzene rings is 1. The van der Waals surface area contributed by atoms with E-state index in [1.807, 2.05) is 0 Å². The summed E-state index contributed by atoms with van der Waals surface area (Å²) in [4.78, 5) is -0.444. The monoisotopic (exact) mass is 286 g/mol. The number of nitrogens with two attached hydrogens (primary N) is 1. The van der Waals surface area contributed by atoms with Gasteiger partial charge in [0.1, 0.15) is 4.90 Å². The van der Waals surface area contributed by atoms with Crippen LogP contribution in [0.15, 0.2) is 27.6 Å². The van der Waals surface area contributed by atoms with E-state index in [0.29, 0.717) is 0 Å². The molecule has 0 atom stereocenters. The van der Waals surface area contributed by atoms with Gasteiger partial charge in [-0.2, -0.15) is 0 Å². The number of halogens is 1. The molecule has 2 N–H and O–H groups in total. The summed E-state index contributed by atoms with van der Waals surface area (Å²) in [7, 11) is -2.46. The first kappa shape index (κ1) is 13.3. The molecule has 1 heterocycles. The minimum Gasteiger partial charge on any atom is -0.493 e. The van der Waals surface area contributed by atoms with Gasteiger partial charge in [-0.05, 0) is 12.1 Å². The van der Waals surface area contributed by atoms with E-state index < -0.39 is 20.5 Å². The predicted octanol–water partition coefficient (Wildman–Crippen LogP) is 1.48. The molecule has 102 valence electrons. The standard InChI is InChI=1S/C11H11FN2O4S/c1-17-11-6(7-5-9(13)14-18-7)3-4-8(10(11)12)19(2,15)16/h3-5H,1-2H3,(H2,13,14). The molecule has 1 aromatic heterocycles. The normalized spacial score (nSPS) is 11.5. The van der Waals surface area contributed by atoms with Crippen LogP contribution in [-0.2, 0) is 9.84 Å². The number of nitrogens with zero attached hydrogens (tertiary/aromatic N) is 1. The maximum absolute atomic E-state index is 14.1. The molecule has 0 unspecified atom stereocenters. The van der Waals surface area contributed by atoms with Gasteiger partial charge in [-0.25, -0.2) is 12.8 Å². The average Bonchev–Trinajstić information content (AvgIpc) is 2.73. The molecule has 0 saturated carbocycles. The molecule has 0 aliphatic rings. The van der Waals surface area contributed by atoms with Gasteiger partial charge in [0.2, 0.25) is 0 Å². The third-order valence-corrected chi connectivity index (χ3v) is 3.57. The lowest BCUT2D eigenvalue weighted by molar-refractivity contribution is 0.377. The number of methoxy groups -OCH3 is 1. The molecule has 0 bridgehead atoms. The summed E-state index contributed by atoms with van der Waals surface area (Å²) < 4.78 is 46.8. The van der Waals surface area contributed by atoms with Crippen molar-refractivity contribution in [3.63, 3.8) is 0 Å². The zero-order valence-electron chi connectivity index (χ0n) is 10.2. The van der Waals surface area contributed by atoms with Crippen molar-refractivity contribution in [2.75, 3.05) is 19.1 Å². The van der Waals surface area contributed by atoms with E-state index in [1.165, 1.54) is 19.2 Å². The Labute approximate surface area is 108 Å². The van der Waals surface area contributed by atoms with Crippen LogP contribution in [0.1, 0.15) is 0 Å². The number of rotatable bonds is 3. The van der Waals surface area contributed by atoms with Gasteiger partial charge in [0, 0.05) is 12.3 Å². The molecule has 0 amide bonds. The fraction of sp³-hybridized carbons (Fsp3) is 0.182. The van der Waals surface area contributed by atoms with Crippen molar-refractivity contribution in [3.8, 4) is 17.1 Å². The summed E-state index contributed by atoms with van der Waals surface area (Å²) in [6.07, 6.45) is 0.914. The number of anilines is 1. The van der Waals surface area contributed by atoms with Gasteiger partial charge in [0.25, 0.3) is 0 Å². The highest BCUT2D eigenvalue weighted by molar-refractivity contribution is 7.90. The van der Waals surface area contributed by atoms with Crippen molar-refractivity contribution >= 4 is 15.7 Å². The Morgan fingerprint density at radius 1 is 1.42 bits per heavy atom. The number of hydrogen-bond acceptors (Lipinski definition) is 6. The molecule has 2 aromatic rings. The minimum atomic E-state index is -3.69. The van der Waals surface area contributed by atoms with Gasteiger partial charge < -0.3 is 15.0 Å². The highest BCUT2D eigenvalue weighted by Crippen LogP contribution is 2.36. The Morgan fingerprint density at radius 2 is 2.11 bits per heavy atom. The molecular weight excluding hydrogens is 275 g/mol. The van der Waals surface area contributed by atoms with Crippen LogP contribution >= 0.6 is 0 Å². The second-order valence-corrected chi connectivity index (χ2v) is 5.83. The number of hydrogen-bond donors (Lipinski definition) is 1. The van der Waals surface area contributed by atoms with E-state index >= 15 is 0 Å². The third-order valence-electron chi connectivity index (χ3n) is 2.46. The molecule has 0 radical (unpaired) electrons. The molecule has 1 aromatic carbocycles. The summed E-state index contributed by atoms with van der Waals surface area (Å²) in [6.45, 7) is 0. The molecule has 19 heavy (non-hydrogen) atoms. The Balaban J connectivity index is 2.69. The summed E-state index contributed by atoms with van der Waals surface area (Å²) in [5.41, 5.74) is 5.64. The molecule has 0 aliphatic heterocycles. The molecule has 0 spiro atoms. The quantitative estimate of drug-likeness (QED) is 0.918. The highest BCUT2D eigenvalue weighted by Gasteiger charge is 2.22. The number of nitrogen functional groups attached to an aromatic ring is 1. The lowest BCUT2D eigenvalue weighted by atomic mass is 10.1. The summed E-state index contributed by atoms with van der Waals surface area (Å²) in [5.74, 6) is -0.894. The van der Waals surface area contributed by atoms with Gasteiger partial charge in [0.15, 0.2) is 33.0 Å². The highest BCUT2D eigenvalue weighted by atomic mass is 32.2. The topological polar surface area (TPSA) is 95.4 Å². The van der Waals surface area contributed by atoms with Crippen molar-refractivity contribution < 1.29 is 22.1 Å².